The van der Waals surface area contributed by atoms with E-state index in [2.05, 4.69) is 38.1 Å². The number of unbranched alkanes of at least 4 members (excludes halogenated alkanes) is 4. The van der Waals surface area contributed by atoms with Gasteiger partial charge in [-0.25, -0.2) is 9.97 Å². The van der Waals surface area contributed by atoms with Crippen LogP contribution in [0.4, 0.5) is 0 Å². The summed E-state index contributed by atoms with van der Waals surface area (Å²) in [6.07, 6.45) is 21.0. The molecule has 8 heteroatoms. The van der Waals surface area contributed by atoms with Gasteiger partial charge in [0.25, 0.3) is 0 Å². The summed E-state index contributed by atoms with van der Waals surface area (Å²) in [4.78, 5) is 9.96. The number of aromatic nitrogens is 2. The van der Waals surface area contributed by atoms with Crippen LogP contribution in [0, 0.1) is 0 Å². The van der Waals surface area contributed by atoms with Gasteiger partial charge >= 0.3 is 0 Å². The highest BCUT2D eigenvalue weighted by Crippen LogP contribution is 2.42. The van der Waals surface area contributed by atoms with E-state index in [1.165, 1.54) is 88.2 Å². The van der Waals surface area contributed by atoms with Gasteiger partial charge in [0, 0.05) is 49.7 Å². The van der Waals surface area contributed by atoms with Gasteiger partial charge in [-0.2, -0.15) is 0 Å². The van der Waals surface area contributed by atoms with Crippen molar-refractivity contribution in [1.29, 1.82) is 0 Å². The lowest BCUT2D eigenvalue weighted by atomic mass is 9.83. The largest absolute Gasteiger partial charge is 0.493 e. The predicted octanol–water partition coefficient (Wildman–Crippen LogP) is 13.3. The second kappa shape index (κ2) is 21.0. The Labute approximate surface area is 334 Å². The summed E-state index contributed by atoms with van der Waals surface area (Å²) >= 11 is 0. The molecule has 7 rings (SSSR count). The van der Waals surface area contributed by atoms with E-state index in [-0.39, 0.29) is 0 Å². The maximum absolute atomic E-state index is 6.45. The molecule has 0 amide bonds. The Morgan fingerprint density at radius 2 is 0.893 bits per heavy atom. The van der Waals surface area contributed by atoms with E-state index in [1.54, 1.807) is 0 Å². The van der Waals surface area contributed by atoms with Crippen molar-refractivity contribution >= 4 is 22.2 Å². The number of ether oxygens (including phenoxy) is 4. The zero-order valence-corrected chi connectivity index (χ0v) is 34.1. The molecule has 2 aliphatic rings. The molecule has 2 saturated carbocycles. The fourth-order valence-corrected chi connectivity index (χ4v) is 8.33. The molecule has 0 radical (unpaired) electrons. The minimum atomic E-state index is 0.498. The van der Waals surface area contributed by atoms with Crippen molar-refractivity contribution in [2.24, 2.45) is 0 Å². The lowest BCUT2D eigenvalue weighted by Crippen LogP contribution is -2.08. The molecule has 0 N–H and O–H groups in total. The van der Waals surface area contributed by atoms with Crippen LogP contribution in [0.5, 0.6) is 11.5 Å². The number of hydrogen-bond acceptors (Lipinski definition) is 8. The fourth-order valence-electron chi connectivity index (χ4n) is 8.33. The van der Waals surface area contributed by atoms with Gasteiger partial charge in [0.1, 0.15) is 22.5 Å². The first-order valence-corrected chi connectivity index (χ1v) is 22.1. The monoisotopic (exact) mass is 764 g/mol. The topological polar surface area (TPSA) is 89.0 Å². The maximum atomic E-state index is 6.45. The fraction of sp³-hybridized carbons (Fsp3) is 0.583. The third-order valence-electron chi connectivity index (χ3n) is 11.7. The number of rotatable bonds is 22. The van der Waals surface area contributed by atoms with Crippen LogP contribution in [0.15, 0.2) is 57.4 Å². The molecule has 0 bridgehead atoms. The van der Waals surface area contributed by atoms with Gasteiger partial charge in [-0.1, -0.05) is 65.2 Å². The predicted molar refractivity (Wildman–Crippen MR) is 225 cm³/mol. The first-order chi connectivity index (χ1) is 27.7. The molecule has 0 atom stereocenters. The number of nitrogens with zero attached hydrogens (tertiary/aromatic N) is 2. The Morgan fingerprint density at radius 1 is 0.500 bits per heavy atom. The highest BCUT2D eigenvalue weighted by Gasteiger charge is 2.24. The van der Waals surface area contributed by atoms with Gasteiger partial charge in [0.05, 0.1) is 13.2 Å². The molecule has 2 aromatic heterocycles. The van der Waals surface area contributed by atoms with E-state index in [4.69, 9.17) is 37.7 Å². The van der Waals surface area contributed by atoms with E-state index in [1.807, 2.05) is 24.3 Å². The highest BCUT2D eigenvalue weighted by atomic mass is 16.5. The minimum absolute atomic E-state index is 0.498. The quantitative estimate of drug-likeness (QED) is 0.0644. The zero-order chi connectivity index (χ0) is 38.4. The summed E-state index contributed by atoms with van der Waals surface area (Å²) in [5.41, 5.74) is 7.65. The average molecular weight is 765 g/mol. The highest BCUT2D eigenvalue weighted by molar-refractivity contribution is 5.81. The summed E-state index contributed by atoms with van der Waals surface area (Å²) in [6.45, 7) is 9.02. The Hall–Kier alpha value is -3.88. The molecule has 56 heavy (non-hydrogen) atoms. The third kappa shape index (κ3) is 10.7. The van der Waals surface area contributed by atoms with E-state index in [9.17, 15) is 0 Å². The van der Waals surface area contributed by atoms with Crippen molar-refractivity contribution in [1.82, 2.24) is 9.97 Å². The van der Waals surface area contributed by atoms with Gasteiger partial charge in [0.15, 0.2) is 11.2 Å². The van der Waals surface area contributed by atoms with Crippen molar-refractivity contribution in [2.75, 3.05) is 39.6 Å². The Kier molecular flexibility index (Phi) is 15.2. The van der Waals surface area contributed by atoms with Crippen molar-refractivity contribution in [3.63, 3.8) is 0 Å². The molecule has 3 aromatic carbocycles. The van der Waals surface area contributed by atoms with Crippen LogP contribution in [0.2, 0.25) is 0 Å². The summed E-state index contributed by atoms with van der Waals surface area (Å²) in [7, 11) is 0. The van der Waals surface area contributed by atoms with Gasteiger partial charge in [0.2, 0.25) is 11.8 Å². The van der Waals surface area contributed by atoms with Gasteiger partial charge in [-0.15, -0.1) is 0 Å². The van der Waals surface area contributed by atoms with E-state index < -0.39 is 0 Å². The van der Waals surface area contributed by atoms with Gasteiger partial charge in [-0.05, 0) is 124 Å². The molecular formula is C48H64N2O6. The van der Waals surface area contributed by atoms with Crippen LogP contribution < -0.4 is 9.47 Å². The molecule has 5 aromatic rings. The van der Waals surface area contributed by atoms with Crippen LogP contribution >= 0.6 is 0 Å². The molecule has 2 heterocycles. The summed E-state index contributed by atoms with van der Waals surface area (Å²) in [5.74, 6) is 4.09. The van der Waals surface area contributed by atoms with Crippen LogP contribution in [0.25, 0.3) is 45.1 Å². The van der Waals surface area contributed by atoms with Crippen molar-refractivity contribution in [3.8, 4) is 34.4 Å². The molecular weight excluding hydrogens is 701 g/mol. The minimum Gasteiger partial charge on any atom is -0.493 e. The lowest BCUT2D eigenvalue weighted by Gasteiger charge is -2.24. The lowest BCUT2D eigenvalue weighted by molar-refractivity contribution is 0.123. The Balaban J connectivity index is 1.05. The van der Waals surface area contributed by atoms with Crippen molar-refractivity contribution in [3.05, 3.63) is 59.7 Å². The van der Waals surface area contributed by atoms with Crippen molar-refractivity contribution in [2.45, 2.75) is 141 Å². The van der Waals surface area contributed by atoms with E-state index in [0.29, 0.717) is 36.8 Å². The number of benzene rings is 3. The molecule has 0 spiro atoms. The molecule has 0 aliphatic heterocycles. The van der Waals surface area contributed by atoms with E-state index in [0.717, 1.165) is 110 Å². The molecule has 2 fully saturated rings. The number of hydrogen-bond donors (Lipinski definition) is 0. The smallest absolute Gasteiger partial charge is 0.227 e. The Bertz CT molecular complexity index is 1780. The summed E-state index contributed by atoms with van der Waals surface area (Å²) in [5, 5.41) is 0. The van der Waals surface area contributed by atoms with Crippen LogP contribution in [-0.2, 0) is 9.47 Å². The van der Waals surface area contributed by atoms with Gasteiger partial charge in [-0.3, -0.25) is 0 Å². The summed E-state index contributed by atoms with van der Waals surface area (Å²) in [6, 6.07) is 16.8. The number of fused-ring (bicyclic) bond motifs is 2. The Morgan fingerprint density at radius 3 is 1.30 bits per heavy atom. The molecule has 2 aliphatic carbocycles. The zero-order valence-electron chi connectivity index (χ0n) is 34.1. The first kappa shape index (κ1) is 40.3. The van der Waals surface area contributed by atoms with Crippen LogP contribution in [0.3, 0.4) is 0 Å². The van der Waals surface area contributed by atoms with Gasteiger partial charge < -0.3 is 27.8 Å². The van der Waals surface area contributed by atoms with Crippen molar-refractivity contribution < 1.29 is 27.8 Å². The second-order valence-corrected chi connectivity index (χ2v) is 16.0. The second-order valence-electron chi connectivity index (χ2n) is 16.0. The van der Waals surface area contributed by atoms with E-state index >= 15 is 0 Å². The normalized spacial score (nSPS) is 15.6. The molecule has 8 nitrogen and oxygen atoms in total. The molecule has 302 valence electrons. The molecule has 0 saturated heterocycles. The third-order valence-corrected chi connectivity index (χ3v) is 11.7. The standard InChI is InChI=1S/C48H64N2O6/c1-3-5-25-51-27-13-15-29-53-43-33-45-41(31-39(43)35-17-9-7-10-18-35)49-47(55-45)37-21-23-38(24-22-37)48-50-42-32-40(36-19-11-8-12-20-36)44(34-46(42)56-48)54-30-16-14-28-52-26-6-4-2/h21-24,31-36H,3-20,25-30H2,1-2H3. The number of oxazole rings is 2. The van der Waals surface area contributed by atoms with Crippen LogP contribution in [-0.4, -0.2) is 49.6 Å². The summed E-state index contributed by atoms with van der Waals surface area (Å²) < 4.78 is 37.2. The maximum Gasteiger partial charge on any atom is 0.227 e. The van der Waals surface area contributed by atoms with Crippen LogP contribution in [0.1, 0.15) is 152 Å². The first-order valence-electron chi connectivity index (χ1n) is 22.1. The SMILES string of the molecule is CCCCOCCCCOc1cc2oc(-c3ccc(-c4nc5cc(C6CCCCC6)c(OCCCCOCCCC)cc5o4)cc3)nc2cc1C1CCCCC1. The average Bonchev–Trinajstić information content (AvgIpc) is 3.87. The molecule has 0 unspecified atom stereocenters.